The van der Waals surface area contributed by atoms with Gasteiger partial charge in [-0.25, -0.2) is 0 Å². The highest BCUT2D eigenvalue weighted by molar-refractivity contribution is 5.79. The molecule has 0 aliphatic carbocycles. The van der Waals surface area contributed by atoms with Crippen molar-refractivity contribution in [2.75, 3.05) is 26.7 Å². The Morgan fingerprint density at radius 2 is 1.80 bits per heavy atom. The third-order valence-electron chi connectivity index (χ3n) is 4.06. The van der Waals surface area contributed by atoms with Crippen LogP contribution in [0.5, 0.6) is 0 Å². The second-order valence-corrected chi connectivity index (χ2v) is 7.39. The van der Waals surface area contributed by atoms with E-state index >= 15 is 0 Å². The Morgan fingerprint density at radius 1 is 1.25 bits per heavy atom. The minimum Gasteiger partial charge on any atom is -0.355 e. The number of rotatable bonds is 4. The molecule has 20 heavy (non-hydrogen) atoms. The normalized spacial score (nSPS) is 25.9. The summed E-state index contributed by atoms with van der Waals surface area (Å²) in [6.45, 7) is 17.0. The fourth-order valence-corrected chi connectivity index (χ4v) is 3.04. The van der Waals surface area contributed by atoms with Gasteiger partial charge in [0.05, 0.1) is 0 Å². The van der Waals surface area contributed by atoms with Gasteiger partial charge < -0.3 is 10.6 Å². The molecule has 0 amide bonds. The van der Waals surface area contributed by atoms with E-state index in [-0.39, 0.29) is 5.54 Å². The van der Waals surface area contributed by atoms with E-state index < -0.39 is 0 Å². The lowest BCUT2D eigenvalue weighted by Gasteiger charge is -2.45. The van der Waals surface area contributed by atoms with Crippen molar-refractivity contribution in [1.82, 2.24) is 15.5 Å². The highest BCUT2D eigenvalue weighted by atomic mass is 15.2. The van der Waals surface area contributed by atoms with Crippen LogP contribution in [0, 0.1) is 11.8 Å². The van der Waals surface area contributed by atoms with Crippen LogP contribution in [0.4, 0.5) is 0 Å². The number of hydrogen-bond donors (Lipinski definition) is 2. The lowest BCUT2D eigenvalue weighted by molar-refractivity contribution is 0.0483. The molecule has 1 heterocycles. The summed E-state index contributed by atoms with van der Waals surface area (Å²) in [6, 6.07) is 0.402. The zero-order valence-electron chi connectivity index (χ0n) is 14.5. The second kappa shape index (κ2) is 7.30. The quantitative estimate of drug-likeness (QED) is 0.614. The Hall–Kier alpha value is -0.770. The summed E-state index contributed by atoms with van der Waals surface area (Å²) < 4.78 is 0. The van der Waals surface area contributed by atoms with Gasteiger partial charge in [0.15, 0.2) is 5.96 Å². The molecule has 1 aliphatic heterocycles. The molecule has 2 atom stereocenters. The smallest absolute Gasteiger partial charge is 0.191 e. The first-order chi connectivity index (χ1) is 9.24. The second-order valence-electron chi connectivity index (χ2n) is 7.39. The number of guanidine groups is 1. The maximum absolute atomic E-state index is 4.28. The van der Waals surface area contributed by atoms with E-state index in [4.69, 9.17) is 0 Å². The minimum atomic E-state index is 0.150. The van der Waals surface area contributed by atoms with E-state index in [1.165, 1.54) is 19.5 Å². The van der Waals surface area contributed by atoms with Gasteiger partial charge in [-0.2, -0.15) is 0 Å². The summed E-state index contributed by atoms with van der Waals surface area (Å²) in [6.07, 6.45) is 1.36. The van der Waals surface area contributed by atoms with Crippen LogP contribution in [0.2, 0.25) is 0 Å². The van der Waals surface area contributed by atoms with Gasteiger partial charge in [-0.1, -0.05) is 13.8 Å². The lowest BCUT2D eigenvalue weighted by Crippen LogP contribution is -2.57. The predicted octanol–water partition coefficient (Wildman–Crippen LogP) is 2.32. The van der Waals surface area contributed by atoms with Crippen LogP contribution in [-0.4, -0.2) is 49.1 Å². The Bertz CT molecular complexity index is 312. The first-order valence-electron chi connectivity index (χ1n) is 7.97. The molecule has 0 aromatic rings. The molecule has 0 spiro atoms. The third-order valence-corrected chi connectivity index (χ3v) is 4.06. The van der Waals surface area contributed by atoms with E-state index in [1.54, 1.807) is 0 Å². The van der Waals surface area contributed by atoms with Crippen molar-refractivity contribution in [2.45, 2.75) is 59.5 Å². The number of aliphatic imine (C=N–C) groups is 1. The molecule has 118 valence electrons. The molecule has 0 bridgehead atoms. The van der Waals surface area contributed by atoms with Gasteiger partial charge in [0.2, 0.25) is 0 Å². The molecular formula is C16H34N4. The topological polar surface area (TPSA) is 39.7 Å². The predicted molar refractivity (Wildman–Crippen MR) is 88.2 cm³/mol. The van der Waals surface area contributed by atoms with Crippen molar-refractivity contribution < 1.29 is 0 Å². The van der Waals surface area contributed by atoms with Gasteiger partial charge >= 0.3 is 0 Å². The van der Waals surface area contributed by atoms with Gasteiger partial charge in [-0.3, -0.25) is 9.89 Å². The Morgan fingerprint density at radius 3 is 2.25 bits per heavy atom. The van der Waals surface area contributed by atoms with Crippen LogP contribution < -0.4 is 10.6 Å². The molecule has 4 nitrogen and oxygen atoms in total. The lowest BCUT2D eigenvalue weighted by atomic mass is 9.88. The first kappa shape index (κ1) is 17.3. The van der Waals surface area contributed by atoms with Crippen molar-refractivity contribution in [3.05, 3.63) is 0 Å². The fraction of sp³-hybridized carbons (Fsp3) is 0.938. The Balaban J connectivity index is 2.55. The average molecular weight is 282 g/mol. The molecule has 0 radical (unpaired) electrons. The molecule has 0 aromatic heterocycles. The van der Waals surface area contributed by atoms with Crippen LogP contribution >= 0.6 is 0 Å². The van der Waals surface area contributed by atoms with Gasteiger partial charge in [0.25, 0.3) is 0 Å². The molecule has 2 unspecified atom stereocenters. The summed E-state index contributed by atoms with van der Waals surface area (Å²) in [4.78, 5) is 6.91. The van der Waals surface area contributed by atoms with Crippen molar-refractivity contribution in [3.8, 4) is 0 Å². The summed E-state index contributed by atoms with van der Waals surface area (Å²) in [5.41, 5.74) is 0.150. The number of nitrogens with one attached hydrogen (secondary N) is 2. The van der Waals surface area contributed by atoms with E-state index in [9.17, 15) is 0 Å². The molecule has 1 fully saturated rings. The molecular weight excluding hydrogens is 248 g/mol. The van der Waals surface area contributed by atoms with Gasteiger partial charge in [0, 0.05) is 38.3 Å². The summed E-state index contributed by atoms with van der Waals surface area (Å²) in [7, 11) is 1.83. The van der Waals surface area contributed by atoms with E-state index in [1.807, 2.05) is 7.05 Å². The fourth-order valence-electron chi connectivity index (χ4n) is 3.04. The minimum absolute atomic E-state index is 0.150. The SMILES string of the molecule is CN=C(NCC(C)(C)N1CC(C)CC(C)C1)NC(C)C. The summed E-state index contributed by atoms with van der Waals surface area (Å²) in [5, 5.41) is 6.81. The maximum Gasteiger partial charge on any atom is 0.191 e. The molecule has 4 heteroatoms. The van der Waals surface area contributed by atoms with Crippen molar-refractivity contribution in [3.63, 3.8) is 0 Å². The highest BCUT2D eigenvalue weighted by Crippen LogP contribution is 2.26. The largest absolute Gasteiger partial charge is 0.355 e. The summed E-state index contributed by atoms with van der Waals surface area (Å²) >= 11 is 0. The van der Waals surface area contributed by atoms with Crippen LogP contribution in [0.25, 0.3) is 0 Å². The first-order valence-corrected chi connectivity index (χ1v) is 7.97. The number of nitrogens with zero attached hydrogens (tertiary/aromatic N) is 2. The Kier molecular flexibility index (Phi) is 6.31. The van der Waals surface area contributed by atoms with E-state index in [0.29, 0.717) is 6.04 Å². The highest BCUT2D eigenvalue weighted by Gasteiger charge is 2.32. The number of likely N-dealkylation sites (tertiary alicyclic amines) is 1. The molecule has 1 saturated heterocycles. The number of piperidine rings is 1. The van der Waals surface area contributed by atoms with Crippen molar-refractivity contribution in [1.29, 1.82) is 0 Å². The standard InChI is InChI=1S/C16H34N4/c1-12(2)19-15(17-7)18-11-16(5,6)20-9-13(3)8-14(4)10-20/h12-14H,8-11H2,1-7H3,(H2,17,18,19). The van der Waals surface area contributed by atoms with Gasteiger partial charge in [-0.05, 0) is 46.0 Å². The average Bonchev–Trinajstić information content (AvgIpc) is 2.32. The van der Waals surface area contributed by atoms with E-state index in [2.05, 4.69) is 62.1 Å². The molecule has 1 aliphatic rings. The van der Waals surface area contributed by atoms with Gasteiger partial charge in [-0.15, -0.1) is 0 Å². The monoisotopic (exact) mass is 282 g/mol. The molecule has 1 rings (SSSR count). The zero-order valence-corrected chi connectivity index (χ0v) is 14.5. The van der Waals surface area contributed by atoms with Crippen LogP contribution in [0.1, 0.15) is 48.0 Å². The van der Waals surface area contributed by atoms with Crippen molar-refractivity contribution >= 4 is 5.96 Å². The maximum atomic E-state index is 4.28. The molecule has 0 aromatic carbocycles. The number of hydrogen-bond acceptors (Lipinski definition) is 2. The third kappa shape index (κ3) is 5.31. The molecule has 2 N–H and O–H groups in total. The van der Waals surface area contributed by atoms with Crippen LogP contribution in [-0.2, 0) is 0 Å². The Labute approximate surface area is 125 Å². The zero-order chi connectivity index (χ0) is 15.3. The summed E-state index contributed by atoms with van der Waals surface area (Å²) in [5.74, 6) is 2.49. The van der Waals surface area contributed by atoms with Crippen LogP contribution in [0.15, 0.2) is 4.99 Å². The molecule has 0 saturated carbocycles. The van der Waals surface area contributed by atoms with E-state index in [0.717, 1.165) is 24.3 Å². The van der Waals surface area contributed by atoms with Crippen LogP contribution in [0.3, 0.4) is 0 Å². The van der Waals surface area contributed by atoms with Gasteiger partial charge in [0.1, 0.15) is 0 Å². The van der Waals surface area contributed by atoms with Crippen molar-refractivity contribution in [2.24, 2.45) is 16.8 Å².